The van der Waals surface area contributed by atoms with Crippen molar-refractivity contribution in [3.63, 3.8) is 0 Å². The van der Waals surface area contributed by atoms with E-state index >= 15 is 0 Å². The summed E-state index contributed by atoms with van der Waals surface area (Å²) in [4.78, 5) is 10.6. The molecule has 0 atom stereocenters. The lowest BCUT2D eigenvalue weighted by Gasteiger charge is -1.98. The number of esters is 1. The molecule has 0 aromatic heterocycles. The molecule has 0 bridgehead atoms. The zero-order chi connectivity index (χ0) is 12.8. The molecule has 2 heteroatoms. The van der Waals surface area contributed by atoms with Crippen LogP contribution in [0.3, 0.4) is 0 Å². The smallest absolute Gasteiger partial charge is 0.384 e. The average Bonchev–Trinajstić information content (AvgIpc) is 2.35. The van der Waals surface area contributed by atoms with E-state index in [9.17, 15) is 4.79 Å². The summed E-state index contributed by atoms with van der Waals surface area (Å²) < 4.78 is 4.40. The Morgan fingerprint density at radius 3 is 2.41 bits per heavy atom. The van der Waals surface area contributed by atoms with Crippen LogP contribution in [-0.4, -0.2) is 13.1 Å². The molecule has 0 aromatic rings. The predicted molar refractivity (Wildman–Crippen MR) is 71.5 cm³/mol. The number of unbranched alkanes of at least 4 members (excludes halogenated alkanes) is 7. The van der Waals surface area contributed by atoms with Crippen LogP contribution in [0, 0.1) is 11.8 Å². The molecule has 0 rings (SSSR count). The number of allylic oxidation sites excluding steroid dienone is 2. The number of hydrogen-bond donors (Lipinski definition) is 0. The van der Waals surface area contributed by atoms with E-state index in [0.29, 0.717) is 0 Å². The maximum atomic E-state index is 10.6. The molecule has 0 heterocycles. The molecule has 0 fully saturated rings. The zero-order valence-corrected chi connectivity index (χ0v) is 11.1. The predicted octanol–water partition coefficient (Wildman–Crippen LogP) is 3.86. The van der Waals surface area contributed by atoms with Crippen molar-refractivity contribution >= 4 is 5.97 Å². The van der Waals surface area contributed by atoms with Crippen LogP contribution in [0.4, 0.5) is 0 Å². The minimum Gasteiger partial charge on any atom is -0.459 e. The van der Waals surface area contributed by atoms with Crippen molar-refractivity contribution in [1.29, 1.82) is 0 Å². The van der Waals surface area contributed by atoms with Gasteiger partial charge in [-0.1, -0.05) is 57.4 Å². The summed E-state index contributed by atoms with van der Waals surface area (Å²) in [5.74, 6) is 4.53. The maximum Gasteiger partial charge on any atom is 0.384 e. The monoisotopic (exact) mass is 236 g/mol. The molecule has 0 N–H and O–H groups in total. The quantitative estimate of drug-likeness (QED) is 0.277. The molecule has 0 saturated carbocycles. The number of hydrogen-bond acceptors (Lipinski definition) is 2. The molecule has 0 radical (unpaired) electrons. The van der Waals surface area contributed by atoms with Gasteiger partial charge in [-0.2, -0.15) is 0 Å². The first kappa shape index (κ1) is 15.8. The Kier molecular flexibility index (Phi) is 11.9. The summed E-state index contributed by atoms with van der Waals surface area (Å²) in [5, 5.41) is 0. The van der Waals surface area contributed by atoms with Gasteiger partial charge in [0.25, 0.3) is 0 Å². The van der Waals surface area contributed by atoms with Crippen molar-refractivity contribution in [2.45, 2.75) is 58.3 Å². The third kappa shape index (κ3) is 12.7. The second-order valence-electron chi connectivity index (χ2n) is 4.07. The van der Waals surface area contributed by atoms with Crippen LogP contribution in [0.5, 0.6) is 0 Å². The number of carbonyl (C=O) groups is 1. The molecule has 0 aromatic carbocycles. The summed E-state index contributed by atoms with van der Waals surface area (Å²) in [7, 11) is 1.33. The van der Waals surface area contributed by atoms with Crippen molar-refractivity contribution in [3.8, 4) is 11.8 Å². The molecule has 0 saturated heterocycles. The van der Waals surface area contributed by atoms with Crippen molar-refractivity contribution in [2.75, 3.05) is 7.11 Å². The molecular formula is C15H24O2. The lowest BCUT2D eigenvalue weighted by Crippen LogP contribution is -1.93. The normalized spacial score (nSPS) is 10.0. The summed E-state index contributed by atoms with van der Waals surface area (Å²) >= 11 is 0. The Balaban J connectivity index is 3.29. The Morgan fingerprint density at radius 2 is 1.76 bits per heavy atom. The van der Waals surface area contributed by atoms with E-state index in [1.54, 1.807) is 6.08 Å². The van der Waals surface area contributed by atoms with Crippen LogP contribution in [-0.2, 0) is 9.53 Å². The molecule has 0 unspecified atom stereocenters. The maximum absolute atomic E-state index is 10.6. The molecular weight excluding hydrogens is 212 g/mol. The van der Waals surface area contributed by atoms with Gasteiger partial charge in [0.1, 0.15) is 0 Å². The van der Waals surface area contributed by atoms with Gasteiger partial charge in [-0.05, 0) is 18.9 Å². The number of methoxy groups -OCH3 is 1. The Bertz CT molecular complexity index is 268. The fourth-order valence-electron chi connectivity index (χ4n) is 1.51. The van der Waals surface area contributed by atoms with E-state index in [1.165, 1.54) is 52.1 Å². The fraction of sp³-hybridized carbons (Fsp3) is 0.667. The van der Waals surface area contributed by atoms with Gasteiger partial charge in [0, 0.05) is 5.92 Å². The second kappa shape index (κ2) is 12.8. The van der Waals surface area contributed by atoms with Crippen LogP contribution in [0.2, 0.25) is 0 Å². The third-order valence-corrected chi connectivity index (χ3v) is 2.54. The molecule has 96 valence electrons. The van der Waals surface area contributed by atoms with Crippen LogP contribution in [0.15, 0.2) is 12.2 Å². The number of ether oxygens (including phenoxy) is 1. The number of carbonyl (C=O) groups excluding carboxylic acids is 1. The molecule has 0 aliphatic rings. The first-order valence-electron chi connectivity index (χ1n) is 6.55. The van der Waals surface area contributed by atoms with Gasteiger partial charge in [0.15, 0.2) is 0 Å². The van der Waals surface area contributed by atoms with Gasteiger partial charge in [-0.3, -0.25) is 0 Å². The average molecular weight is 236 g/mol. The Labute approximate surface area is 105 Å². The molecule has 0 amide bonds. The summed E-state index contributed by atoms with van der Waals surface area (Å²) in [6.07, 6.45) is 14.0. The first-order chi connectivity index (χ1) is 8.31. The van der Waals surface area contributed by atoms with Crippen molar-refractivity contribution in [1.82, 2.24) is 0 Å². The molecule has 0 aliphatic carbocycles. The summed E-state index contributed by atoms with van der Waals surface area (Å²) in [5.41, 5.74) is 0. The van der Waals surface area contributed by atoms with E-state index in [1.807, 2.05) is 6.08 Å². The van der Waals surface area contributed by atoms with Crippen LogP contribution < -0.4 is 0 Å². The van der Waals surface area contributed by atoms with Gasteiger partial charge >= 0.3 is 5.97 Å². The minimum atomic E-state index is -0.481. The van der Waals surface area contributed by atoms with E-state index in [-0.39, 0.29) is 0 Å². The summed E-state index contributed by atoms with van der Waals surface area (Å²) in [6.45, 7) is 2.24. The fourth-order valence-corrected chi connectivity index (χ4v) is 1.51. The lowest BCUT2D eigenvalue weighted by molar-refractivity contribution is -0.133. The Morgan fingerprint density at radius 1 is 1.12 bits per heavy atom. The molecule has 0 spiro atoms. The van der Waals surface area contributed by atoms with Gasteiger partial charge in [-0.25, -0.2) is 4.79 Å². The highest BCUT2D eigenvalue weighted by Crippen LogP contribution is 2.08. The molecule has 2 nitrogen and oxygen atoms in total. The second-order valence-corrected chi connectivity index (χ2v) is 4.07. The van der Waals surface area contributed by atoms with Crippen molar-refractivity contribution < 1.29 is 9.53 Å². The van der Waals surface area contributed by atoms with Crippen LogP contribution in [0.1, 0.15) is 58.3 Å². The van der Waals surface area contributed by atoms with E-state index in [0.717, 1.165) is 6.42 Å². The topological polar surface area (TPSA) is 26.3 Å². The first-order valence-corrected chi connectivity index (χ1v) is 6.55. The van der Waals surface area contributed by atoms with Crippen LogP contribution >= 0.6 is 0 Å². The van der Waals surface area contributed by atoms with Gasteiger partial charge < -0.3 is 4.74 Å². The highest BCUT2D eigenvalue weighted by atomic mass is 16.5. The SMILES string of the molecule is CCCCCCCCCC=CC#CC(=O)OC. The van der Waals surface area contributed by atoms with Gasteiger partial charge in [0.2, 0.25) is 0 Å². The Hall–Kier alpha value is -1.23. The van der Waals surface area contributed by atoms with Crippen molar-refractivity contribution in [3.05, 3.63) is 12.2 Å². The lowest BCUT2D eigenvalue weighted by atomic mass is 10.1. The number of rotatable bonds is 8. The molecule has 17 heavy (non-hydrogen) atoms. The van der Waals surface area contributed by atoms with E-state index in [2.05, 4.69) is 23.5 Å². The third-order valence-electron chi connectivity index (χ3n) is 2.54. The largest absolute Gasteiger partial charge is 0.459 e. The molecule has 0 aliphatic heterocycles. The van der Waals surface area contributed by atoms with Gasteiger partial charge in [0.05, 0.1) is 7.11 Å². The van der Waals surface area contributed by atoms with Crippen molar-refractivity contribution in [2.24, 2.45) is 0 Å². The van der Waals surface area contributed by atoms with Gasteiger partial charge in [-0.15, -0.1) is 0 Å². The van der Waals surface area contributed by atoms with E-state index < -0.39 is 5.97 Å². The van der Waals surface area contributed by atoms with E-state index in [4.69, 9.17) is 0 Å². The summed E-state index contributed by atoms with van der Waals surface area (Å²) in [6, 6.07) is 0. The van der Waals surface area contributed by atoms with Crippen LogP contribution in [0.25, 0.3) is 0 Å². The zero-order valence-electron chi connectivity index (χ0n) is 11.1. The standard InChI is InChI=1S/C15H24O2/c1-3-4-5-6-7-8-9-10-11-12-13-14-15(16)17-2/h11-12H,3-10H2,1-2H3. The minimum absolute atomic E-state index is 0.481. The highest BCUT2D eigenvalue weighted by Gasteiger charge is 1.89. The highest BCUT2D eigenvalue weighted by molar-refractivity contribution is 5.88.